The van der Waals surface area contributed by atoms with Gasteiger partial charge in [-0.25, -0.2) is 4.98 Å². The van der Waals surface area contributed by atoms with Gasteiger partial charge in [0.2, 0.25) is 11.0 Å². The van der Waals surface area contributed by atoms with E-state index in [9.17, 15) is 0 Å². The smallest absolute Gasteiger partial charge is 0.212 e. The summed E-state index contributed by atoms with van der Waals surface area (Å²) in [4.78, 5) is 7.36. The molecule has 0 fully saturated rings. The van der Waals surface area contributed by atoms with E-state index in [4.69, 9.17) is 15.6 Å². The fourth-order valence-electron chi connectivity index (χ4n) is 2.51. The zero-order valence-corrected chi connectivity index (χ0v) is 14.0. The fraction of sp³-hybridized carbons (Fsp3) is 0.200. The first-order valence-corrected chi connectivity index (χ1v) is 8.26. The molecular formula is C15H15N7OS. The van der Waals surface area contributed by atoms with Crippen molar-refractivity contribution in [2.24, 2.45) is 5.10 Å². The van der Waals surface area contributed by atoms with Crippen molar-refractivity contribution in [1.82, 2.24) is 24.8 Å². The number of hydrogen-bond donors (Lipinski definition) is 2. The van der Waals surface area contributed by atoms with Crippen molar-refractivity contribution in [1.29, 1.82) is 0 Å². The van der Waals surface area contributed by atoms with Crippen molar-refractivity contribution in [3.8, 4) is 17.3 Å². The highest BCUT2D eigenvalue weighted by atomic mass is 32.2. The van der Waals surface area contributed by atoms with Gasteiger partial charge in [-0.2, -0.15) is 9.78 Å². The zero-order chi connectivity index (χ0) is 16.7. The number of aromatic nitrogens is 5. The summed E-state index contributed by atoms with van der Waals surface area (Å²) in [6.45, 7) is 1.94. The summed E-state index contributed by atoms with van der Waals surface area (Å²) < 4.78 is 6.93. The van der Waals surface area contributed by atoms with Crippen molar-refractivity contribution in [3.63, 3.8) is 0 Å². The molecule has 0 amide bonds. The number of hydrogen-bond acceptors (Lipinski definition) is 7. The highest BCUT2D eigenvalue weighted by Gasteiger charge is 2.23. The van der Waals surface area contributed by atoms with Gasteiger partial charge in [-0.3, -0.25) is 0 Å². The van der Waals surface area contributed by atoms with E-state index >= 15 is 0 Å². The standard InChI is InChI=1S/C15H15N7OS/c1-8-13(18-7-17-8)14-19-20-15-22(14)21-11(6-24-15)9-3-4-12(23-2)10(16)5-9/h3-5,7H,6,16H2,1-2H3,(H,17,18). The van der Waals surface area contributed by atoms with Crippen LogP contribution in [0.5, 0.6) is 5.75 Å². The number of aryl methyl sites for hydroxylation is 1. The minimum atomic E-state index is 0.584. The number of rotatable bonds is 3. The van der Waals surface area contributed by atoms with Crippen LogP contribution in [0.25, 0.3) is 11.5 Å². The van der Waals surface area contributed by atoms with E-state index in [1.807, 2.05) is 25.1 Å². The van der Waals surface area contributed by atoms with Gasteiger partial charge in [0, 0.05) is 17.0 Å². The number of ether oxygens (including phenoxy) is 1. The Bertz CT molecular complexity index is 943. The van der Waals surface area contributed by atoms with E-state index < -0.39 is 0 Å². The quantitative estimate of drug-likeness (QED) is 0.705. The molecule has 3 heterocycles. The number of anilines is 1. The molecule has 2 aromatic heterocycles. The number of fused-ring (bicyclic) bond motifs is 1. The molecule has 0 saturated heterocycles. The highest BCUT2D eigenvalue weighted by Crippen LogP contribution is 2.30. The lowest BCUT2D eigenvalue weighted by Gasteiger charge is -2.14. The van der Waals surface area contributed by atoms with Crippen molar-refractivity contribution in [2.45, 2.75) is 12.1 Å². The Morgan fingerprint density at radius 2 is 2.21 bits per heavy atom. The number of methoxy groups -OCH3 is 1. The first-order chi connectivity index (χ1) is 11.7. The van der Waals surface area contributed by atoms with Crippen LogP contribution in [0.4, 0.5) is 5.69 Å². The zero-order valence-electron chi connectivity index (χ0n) is 13.1. The molecule has 0 aliphatic carbocycles. The molecule has 9 heteroatoms. The molecule has 0 unspecified atom stereocenters. The number of H-pyrrole nitrogens is 1. The van der Waals surface area contributed by atoms with Gasteiger partial charge in [-0.05, 0) is 25.1 Å². The average molecular weight is 341 g/mol. The predicted octanol–water partition coefficient (Wildman–Crippen LogP) is 1.93. The number of nitrogen functional groups attached to an aromatic ring is 1. The summed E-state index contributed by atoms with van der Waals surface area (Å²) in [6, 6.07) is 5.66. The molecule has 4 rings (SSSR count). The Labute approximate surface area is 142 Å². The highest BCUT2D eigenvalue weighted by molar-refractivity contribution is 7.99. The van der Waals surface area contributed by atoms with Crippen LogP contribution >= 0.6 is 11.8 Å². The average Bonchev–Trinajstić information content (AvgIpc) is 3.19. The molecule has 8 nitrogen and oxygen atoms in total. The maximum absolute atomic E-state index is 6.01. The minimum absolute atomic E-state index is 0.584. The van der Waals surface area contributed by atoms with Crippen LogP contribution in [0.2, 0.25) is 0 Å². The topological polar surface area (TPSA) is 107 Å². The summed E-state index contributed by atoms with van der Waals surface area (Å²) in [6.07, 6.45) is 1.64. The number of thioether (sulfide) groups is 1. The monoisotopic (exact) mass is 341 g/mol. The normalized spacial score (nSPS) is 13.5. The molecule has 3 N–H and O–H groups in total. The second kappa shape index (κ2) is 5.68. The summed E-state index contributed by atoms with van der Waals surface area (Å²) in [5.74, 6) is 1.97. The second-order valence-electron chi connectivity index (χ2n) is 5.29. The number of benzene rings is 1. The van der Waals surface area contributed by atoms with E-state index in [1.165, 1.54) is 0 Å². The van der Waals surface area contributed by atoms with Crippen LogP contribution in [0.15, 0.2) is 34.8 Å². The first-order valence-electron chi connectivity index (χ1n) is 7.27. The molecule has 3 aromatic rings. The number of nitrogens with two attached hydrogens (primary N) is 1. The summed E-state index contributed by atoms with van der Waals surface area (Å²) in [5, 5.41) is 13.9. The van der Waals surface area contributed by atoms with Gasteiger partial charge in [0.25, 0.3) is 0 Å². The summed E-state index contributed by atoms with van der Waals surface area (Å²) in [7, 11) is 1.60. The molecule has 0 saturated carbocycles. The van der Waals surface area contributed by atoms with E-state index in [0.29, 0.717) is 23.0 Å². The van der Waals surface area contributed by atoms with Crippen molar-refractivity contribution < 1.29 is 4.74 Å². The lowest BCUT2D eigenvalue weighted by atomic mass is 10.1. The van der Waals surface area contributed by atoms with Gasteiger partial charge in [-0.1, -0.05) is 11.8 Å². The molecule has 1 aromatic carbocycles. The molecule has 0 atom stereocenters. The number of aromatic amines is 1. The Hall–Kier alpha value is -2.81. The molecule has 24 heavy (non-hydrogen) atoms. The molecule has 0 spiro atoms. The van der Waals surface area contributed by atoms with Crippen LogP contribution in [0.3, 0.4) is 0 Å². The van der Waals surface area contributed by atoms with E-state index in [-0.39, 0.29) is 0 Å². The number of nitrogens with one attached hydrogen (secondary N) is 1. The van der Waals surface area contributed by atoms with E-state index in [0.717, 1.165) is 27.8 Å². The van der Waals surface area contributed by atoms with Crippen LogP contribution in [-0.4, -0.2) is 43.4 Å². The maximum atomic E-state index is 6.01. The van der Waals surface area contributed by atoms with E-state index in [1.54, 1.807) is 29.9 Å². The predicted molar refractivity (Wildman–Crippen MR) is 92.4 cm³/mol. The molecule has 1 aliphatic heterocycles. The van der Waals surface area contributed by atoms with Gasteiger partial charge in [-0.15, -0.1) is 10.2 Å². The summed E-state index contributed by atoms with van der Waals surface area (Å²) in [5.41, 5.74) is 10.1. The third kappa shape index (κ3) is 2.33. The lowest BCUT2D eigenvalue weighted by Crippen LogP contribution is -2.14. The van der Waals surface area contributed by atoms with Gasteiger partial charge in [0.15, 0.2) is 0 Å². The Balaban J connectivity index is 1.78. The number of nitrogens with zero attached hydrogens (tertiary/aromatic N) is 5. The van der Waals surface area contributed by atoms with Gasteiger partial charge in [0.1, 0.15) is 11.4 Å². The minimum Gasteiger partial charge on any atom is -0.495 e. The Kier molecular flexibility index (Phi) is 3.49. The van der Waals surface area contributed by atoms with Crippen LogP contribution in [0, 0.1) is 6.92 Å². The van der Waals surface area contributed by atoms with Crippen molar-refractivity contribution >= 4 is 23.2 Å². The Morgan fingerprint density at radius 1 is 1.33 bits per heavy atom. The molecule has 0 radical (unpaired) electrons. The van der Waals surface area contributed by atoms with Gasteiger partial charge < -0.3 is 15.5 Å². The Morgan fingerprint density at radius 3 is 2.92 bits per heavy atom. The van der Waals surface area contributed by atoms with Crippen molar-refractivity contribution in [3.05, 3.63) is 35.8 Å². The first kappa shape index (κ1) is 14.8. The molecule has 122 valence electrons. The van der Waals surface area contributed by atoms with Crippen LogP contribution in [0.1, 0.15) is 11.3 Å². The largest absolute Gasteiger partial charge is 0.495 e. The third-order valence-corrected chi connectivity index (χ3v) is 4.71. The van der Waals surface area contributed by atoms with Crippen LogP contribution < -0.4 is 10.5 Å². The maximum Gasteiger partial charge on any atom is 0.212 e. The number of imidazole rings is 1. The van der Waals surface area contributed by atoms with Gasteiger partial charge in [0.05, 0.1) is 24.8 Å². The molecule has 0 bridgehead atoms. The fourth-order valence-corrected chi connectivity index (χ4v) is 3.35. The lowest BCUT2D eigenvalue weighted by molar-refractivity contribution is 0.417. The van der Waals surface area contributed by atoms with Gasteiger partial charge >= 0.3 is 0 Å². The second-order valence-corrected chi connectivity index (χ2v) is 6.23. The molecule has 1 aliphatic rings. The van der Waals surface area contributed by atoms with Crippen LogP contribution in [-0.2, 0) is 0 Å². The molecular weight excluding hydrogens is 326 g/mol. The third-order valence-electron chi connectivity index (χ3n) is 3.78. The van der Waals surface area contributed by atoms with E-state index in [2.05, 4.69) is 20.2 Å². The van der Waals surface area contributed by atoms with Crippen molar-refractivity contribution in [2.75, 3.05) is 18.6 Å². The SMILES string of the molecule is COc1ccc(C2=Nn3c(nnc3-c3nc[nH]c3C)SC2)cc1N. The summed E-state index contributed by atoms with van der Waals surface area (Å²) >= 11 is 1.58.